The molecule has 2 aliphatic rings. The summed E-state index contributed by atoms with van der Waals surface area (Å²) in [4.78, 5) is 16.5. The average Bonchev–Trinajstić information content (AvgIpc) is 3.31. The zero-order valence-corrected chi connectivity index (χ0v) is 15.3. The van der Waals surface area contributed by atoms with Gasteiger partial charge in [-0.2, -0.15) is 0 Å². The Bertz CT molecular complexity index is 500. The maximum absolute atomic E-state index is 12.1. The van der Waals surface area contributed by atoms with E-state index in [9.17, 15) is 4.79 Å². The molecule has 1 saturated carbocycles. The maximum Gasteiger partial charge on any atom is 0.236 e. The van der Waals surface area contributed by atoms with Crippen molar-refractivity contribution in [2.24, 2.45) is 5.92 Å². The van der Waals surface area contributed by atoms with Crippen LogP contribution in [0.2, 0.25) is 0 Å². The second-order valence-electron chi connectivity index (χ2n) is 6.28. The summed E-state index contributed by atoms with van der Waals surface area (Å²) in [6.07, 6.45) is 2.66. The quantitative estimate of drug-likeness (QED) is 0.876. The van der Waals surface area contributed by atoms with Crippen molar-refractivity contribution in [1.82, 2.24) is 10.2 Å². The van der Waals surface area contributed by atoms with Crippen LogP contribution in [-0.2, 0) is 4.79 Å². The van der Waals surface area contributed by atoms with Crippen LogP contribution in [0.25, 0.3) is 0 Å². The van der Waals surface area contributed by atoms with Crippen LogP contribution in [0.15, 0.2) is 24.3 Å². The topological polar surface area (TPSA) is 35.6 Å². The fourth-order valence-electron chi connectivity index (χ4n) is 2.86. The van der Waals surface area contributed by atoms with E-state index in [0.717, 1.165) is 38.6 Å². The van der Waals surface area contributed by atoms with Crippen molar-refractivity contribution in [3.8, 4) is 0 Å². The molecule has 1 aromatic rings. The number of nitrogens with one attached hydrogen (secondary N) is 1. The van der Waals surface area contributed by atoms with Crippen molar-refractivity contribution < 1.29 is 4.79 Å². The number of aryl methyl sites for hydroxylation is 1. The van der Waals surface area contributed by atoms with Gasteiger partial charge in [0, 0.05) is 31.9 Å². The van der Waals surface area contributed by atoms with Crippen LogP contribution >= 0.6 is 24.8 Å². The fraction of sp³-hybridized carbons (Fsp3) is 0.588. The Morgan fingerprint density at radius 2 is 1.87 bits per heavy atom. The number of carbonyl (C=O) groups is 1. The molecule has 1 amide bonds. The van der Waals surface area contributed by atoms with Crippen molar-refractivity contribution in [3.05, 3.63) is 29.8 Å². The first-order valence-corrected chi connectivity index (χ1v) is 8.02. The SMILES string of the molecule is Cc1cccc(N2CCN(C(=O)CNCC3CC3)CC2)c1.Cl.Cl. The number of hydrogen-bond donors (Lipinski definition) is 1. The van der Waals surface area contributed by atoms with Crippen LogP contribution in [0.3, 0.4) is 0 Å². The highest BCUT2D eigenvalue weighted by atomic mass is 35.5. The zero-order chi connectivity index (χ0) is 14.7. The molecule has 23 heavy (non-hydrogen) atoms. The van der Waals surface area contributed by atoms with Gasteiger partial charge < -0.3 is 15.1 Å². The Balaban J connectivity index is 0.00000132. The van der Waals surface area contributed by atoms with Gasteiger partial charge in [-0.25, -0.2) is 0 Å². The molecule has 1 aromatic carbocycles. The van der Waals surface area contributed by atoms with Gasteiger partial charge in [0.2, 0.25) is 5.91 Å². The molecule has 1 saturated heterocycles. The molecule has 2 fully saturated rings. The molecule has 3 rings (SSSR count). The van der Waals surface area contributed by atoms with Crippen LogP contribution in [-0.4, -0.2) is 50.1 Å². The van der Waals surface area contributed by atoms with E-state index in [2.05, 4.69) is 41.4 Å². The van der Waals surface area contributed by atoms with E-state index in [-0.39, 0.29) is 30.7 Å². The van der Waals surface area contributed by atoms with E-state index in [0.29, 0.717) is 6.54 Å². The summed E-state index contributed by atoms with van der Waals surface area (Å²) in [5.74, 6) is 1.08. The van der Waals surface area contributed by atoms with E-state index in [1.54, 1.807) is 0 Å². The highest BCUT2D eigenvalue weighted by Crippen LogP contribution is 2.27. The molecule has 6 heteroatoms. The lowest BCUT2D eigenvalue weighted by Gasteiger charge is -2.36. The number of benzene rings is 1. The Hall–Kier alpha value is -0.970. The average molecular weight is 360 g/mol. The Morgan fingerprint density at radius 1 is 1.17 bits per heavy atom. The third kappa shape index (κ3) is 5.87. The second-order valence-corrected chi connectivity index (χ2v) is 6.28. The molecule has 1 aliphatic carbocycles. The molecule has 0 atom stereocenters. The molecule has 0 aromatic heterocycles. The van der Waals surface area contributed by atoms with Crippen molar-refractivity contribution in [1.29, 1.82) is 0 Å². The summed E-state index contributed by atoms with van der Waals surface area (Å²) < 4.78 is 0. The van der Waals surface area contributed by atoms with Gasteiger partial charge in [-0.1, -0.05) is 12.1 Å². The Morgan fingerprint density at radius 3 is 2.48 bits per heavy atom. The molecule has 0 spiro atoms. The number of hydrogen-bond acceptors (Lipinski definition) is 3. The molecule has 1 aliphatic heterocycles. The van der Waals surface area contributed by atoms with Crippen molar-refractivity contribution >= 4 is 36.4 Å². The molecular formula is C17H27Cl2N3O. The number of carbonyl (C=O) groups excluding carboxylic acids is 1. The van der Waals surface area contributed by atoms with Crippen molar-refractivity contribution in [3.63, 3.8) is 0 Å². The number of amides is 1. The smallest absolute Gasteiger partial charge is 0.236 e. The van der Waals surface area contributed by atoms with Crippen LogP contribution < -0.4 is 10.2 Å². The van der Waals surface area contributed by atoms with Crippen LogP contribution in [0.5, 0.6) is 0 Å². The third-order valence-corrected chi connectivity index (χ3v) is 4.41. The molecule has 0 bridgehead atoms. The lowest BCUT2D eigenvalue weighted by Crippen LogP contribution is -2.51. The predicted octanol–water partition coefficient (Wildman–Crippen LogP) is 2.49. The first-order valence-electron chi connectivity index (χ1n) is 8.02. The van der Waals surface area contributed by atoms with Crippen LogP contribution in [0.4, 0.5) is 5.69 Å². The normalized spacial score (nSPS) is 17.3. The summed E-state index contributed by atoms with van der Waals surface area (Å²) >= 11 is 0. The standard InChI is InChI=1S/C17H25N3O.2ClH/c1-14-3-2-4-16(11-14)19-7-9-20(10-8-19)17(21)13-18-12-15-5-6-15;;/h2-4,11,15,18H,5-10,12-13H2,1H3;2*1H. The van der Waals surface area contributed by atoms with E-state index in [1.807, 2.05) is 4.90 Å². The maximum atomic E-state index is 12.1. The number of halogens is 2. The Kier molecular flexibility index (Phi) is 8.17. The lowest BCUT2D eigenvalue weighted by molar-refractivity contribution is -0.130. The molecule has 4 nitrogen and oxygen atoms in total. The largest absolute Gasteiger partial charge is 0.368 e. The summed E-state index contributed by atoms with van der Waals surface area (Å²) in [6, 6.07) is 8.59. The van der Waals surface area contributed by atoms with Crippen molar-refractivity contribution in [2.75, 3.05) is 44.2 Å². The van der Waals surface area contributed by atoms with Crippen LogP contribution in [0, 0.1) is 12.8 Å². The summed E-state index contributed by atoms with van der Waals surface area (Å²) in [5.41, 5.74) is 2.56. The lowest BCUT2D eigenvalue weighted by atomic mass is 10.2. The molecule has 0 unspecified atom stereocenters. The zero-order valence-electron chi connectivity index (χ0n) is 13.7. The summed E-state index contributed by atoms with van der Waals surface area (Å²) in [5, 5.41) is 3.29. The first-order chi connectivity index (χ1) is 10.2. The number of anilines is 1. The van der Waals surface area contributed by atoms with Gasteiger partial charge in [0.15, 0.2) is 0 Å². The monoisotopic (exact) mass is 359 g/mol. The first kappa shape index (κ1) is 20.1. The summed E-state index contributed by atoms with van der Waals surface area (Å²) in [7, 11) is 0. The summed E-state index contributed by atoms with van der Waals surface area (Å²) in [6.45, 7) is 7.15. The minimum Gasteiger partial charge on any atom is -0.368 e. The van der Waals surface area contributed by atoms with Gasteiger partial charge in [-0.15, -0.1) is 24.8 Å². The van der Waals surface area contributed by atoms with Gasteiger partial charge >= 0.3 is 0 Å². The van der Waals surface area contributed by atoms with Crippen molar-refractivity contribution in [2.45, 2.75) is 19.8 Å². The van der Waals surface area contributed by atoms with E-state index >= 15 is 0 Å². The number of rotatable bonds is 5. The van der Waals surface area contributed by atoms with E-state index in [4.69, 9.17) is 0 Å². The minimum absolute atomic E-state index is 0. The fourth-order valence-corrected chi connectivity index (χ4v) is 2.86. The second kappa shape index (κ2) is 9.36. The Labute approximate surface area is 151 Å². The van der Waals surface area contributed by atoms with Gasteiger partial charge in [0.1, 0.15) is 0 Å². The molecule has 0 radical (unpaired) electrons. The predicted molar refractivity (Wildman–Crippen MR) is 100 cm³/mol. The molecule has 1 heterocycles. The number of nitrogens with zero attached hydrogens (tertiary/aromatic N) is 2. The molecule has 130 valence electrons. The number of piperazine rings is 1. The van der Waals surface area contributed by atoms with E-state index in [1.165, 1.54) is 24.1 Å². The van der Waals surface area contributed by atoms with Gasteiger partial charge in [0.25, 0.3) is 0 Å². The highest BCUT2D eigenvalue weighted by Gasteiger charge is 2.23. The van der Waals surface area contributed by atoms with Crippen LogP contribution in [0.1, 0.15) is 18.4 Å². The van der Waals surface area contributed by atoms with E-state index < -0.39 is 0 Å². The molecular weight excluding hydrogens is 333 g/mol. The van der Waals surface area contributed by atoms with Gasteiger partial charge in [0.05, 0.1) is 6.54 Å². The minimum atomic E-state index is 0. The third-order valence-electron chi connectivity index (χ3n) is 4.41. The van der Waals surface area contributed by atoms with Gasteiger partial charge in [-0.3, -0.25) is 4.79 Å². The van der Waals surface area contributed by atoms with Gasteiger partial charge in [-0.05, 0) is 49.9 Å². The highest BCUT2D eigenvalue weighted by molar-refractivity contribution is 5.85. The molecule has 1 N–H and O–H groups in total.